The first kappa shape index (κ1) is 15.8. The molecule has 0 unspecified atom stereocenters. The molecule has 1 atom stereocenters. The van der Waals surface area contributed by atoms with E-state index in [0.717, 1.165) is 23.2 Å². The summed E-state index contributed by atoms with van der Waals surface area (Å²) in [6.07, 6.45) is 1.92. The summed E-state index contributed by atoms with van der Waals surface area (Å²) in [7, 11) is -2.31. The van der Waals surface area contributed by atoms with Crippen LogP contribution in [0.15, 0.2) is 29.2 Å². The predicted octanol–water partition coefficient (Wildman–Crippen LogP) is 1.51. The molecule has 1 aromatic rings. The van der Waals surface area contributed by atoms with Gasteiger partial charge in [-0.3, -0.25) is 4.79 Å². The Morgan fingerprint density at radius 1 is 1.36 bits per heavy atom. The number of halogens is 1. The Morgan fingerprint density at radius 2 is 2.05 bits per heavy atom. The molecule has 1 saturated carbocycles. The van der Waals surface area contributed by atoms with Gasteiger partial charge in [-0.25, -0.2) is 12.8 Å². The molecule has 2 aliphatic rings. The Balaban J connectivity index is 1.89. The summed E-state index contributed by atoms with van der Waals surface area (Å²) in [6.45, 7) is 0. The van der Waals surface area contributed by atoms with Gasteiger partial charge in [0.15, 0.2) is 0 Å². The molecule has 3 rings (SSSR count). The van der Waals surface area contributed by atoms with Gasteiger partial charge < -0.3 is 4.90 Å². The van der Waals surface area contributed by atoms with Crippen LogP contribution in [0.25, 0.3) is 0 Å². The second-order valence-electron chi connectivity index (χ2n) is 5.52. The molecule has 0 N–H and O–H groups in total. The fourth-order valence-electron chi connectivity index (χ4n) is 2.52. The van der Waals surface area contributed by atoms with Crippen molar-refractivity contribution >= 4 is 27.7 Å². The van der Waals surface area contributed by atoms with E-state index in [1.54, 1.807) is 11.9 Å². The maximum absolute atomic E-state index is 13.9. The van der Waals surface area contributed by atoms with Gasteiger partial charge in [-0.05, 0) is 25.0 Å². The van der Waals surface area contributed by atoms with Crippen molar-refractivity contribution in [2.75, 3.05) is 18.7 Å². The van der Waals surface area contributed by atoms with Gasteiger partial charge in [0, 0.05) is 18.8 Å². The monoisotopic (exact) mass is 344 g/mol. The first-order valence-corrected chi connectivity index (χ1v) is 9.63. The summed E-state index contributed by atoms with van der Waals surface area (Å²) in [4.78, 5) is 13.8. The molecule has 22 heavy (non-hydrogen) atoms. The minimum Gasteiger partial charge on any atom is -0.341 e. The van der Waals surface area contributed by atoms with E-state index >= 15 is 0 Å². The highest BCUT2D eigenvalue weighted by atomic mass is 32.2. The van der Waals surface area contributed by atoms with Gasteiger partial charge in [0.1, 0.15) is 16.8 Å². The number of rotatable bonds is 4. The van der Waals surface area contributed by atoms with Crippen LogP contribution in [0, 0.1) is 5.82 Å². The van der Waals surface area contributed by atoms with Crippen LogP contribution >= 0.6 is 11.8 Å². The highest BCUT2D eigenvalue weighted by Gasteiger charge is 2.44. The van der Waals surface area contributed by atoms with E-state index in [2.05, 4.69) is 0 Å². The van der Waals surface area contributed by atoms with E-state index in [1.165, 1.54) is 30.0 Å². The van der Waals surface area contributed by atoms with E-state index in [4.69, 9.17) is 0 Å². The Morgan fingerprint density at radius 3 is 2.68 bits per heavy atom. The molecule has 0 spiro atoms. The van der Waals surface area contributed by atoms with Crippen LogP contribution < -0.4 is 0 Å². The first-order chi connectivity index (χ1) is 10.4. The fourth-order valence-corrected chi connectivity index (χ4v) is 5.72. The third-order valence-electron chi connectivity index (χ3n) is 3.99. The summed E-state index contributed by atoms with van der Waals surface area (Å²) in [5.74, 6) is -0.414. The molecule has 1 amide bonds. The van der Waals surface area contributed by atoms with Crippen molar-refractivity contribution in [3.63, 3.8) is 0 Å². The second kappa shape index (κ2) is 5.82. The third-order valence-corrected chi connectivity index (χ3v) is 7.06. The number of nitrogens with zero attached hydrogens (tertiary/aromatic N) is 2. The number of benzene rings is 1. The van der Waals surface area contributed by atoms with Crippen molar-refractivity contribution in [1.29, 1.82) is 0 Å². The lowest BCUT2D eigenvalue weighted by Crippen LogP contribution is -2.48. The number of amides is 1. The molecule has 120 valence electrons. The molecule has 0 radical (unpaired) electrons. The minimum absolute atomic E-state index is 0.172. The van der Waals surface area contributed by atoms with Crippen molar-refractivity contribution in [3.05, 3.63) is 30.1 Å². The number of hydrogen-bond acceptors (Lipinski definition) is 4. The normalized spacial score (nSPS) is 22.7. The average Bonchev–Trinajstić information content (AvgIpc) is 3.22. The van der Waals surface area contributed by atoms with Crippen LogP contribution in [0.4, 0.5) is 4.39 Å². The average molecular weight is 344 g/mol. The Kier molecular flexibility index (Phi) is 4.17. The van der Waals surface area contributed by atoms with Gasteiger partial charge >= 0.3 is 0 Å². The van der Waals surface area contributed by atoms with E-state index < -0.39 is 21.9 Å². The topological polar surface area (TPSA) is 57.7 Å². The molecule has 1 aliphatic carbocycles. The first-order valence-electron chi connectivity index (χ1n) is 7.03. The van der Waals surface area contributed by atoms with Crippen LogP contribution in [0.1, 0.15) is 12.8 Å². The van der Waals surface area contributed by atoms with Gasteiger partial charge in [0.05, 0.1) is 5.88 Å². The number of likely N-dealkylation sites (N-methyl/N-ethyl adjacent to an activating group) is 1. The Labute approximate surface area is 133 Å². The summed E-state index contributed by atoms with van der Waals surface area (Å²) < 4.78 is 40.3. The van der Waals surface area contributed by atoms with E-state index in [-0.39, 0.29) is 22.7 Å². The highest BCUT2D eigenvalue weighted by Crippen LogP contribution is 2.32. The van der Waals surface area contributed by atoms with Crippen molar-refractivity contribution in [2.24, 2.45) is 0 Å². The lowest BCUT2D eigenvalue weighted by atomic mass is 10.3. The second-order valence-corrected chi connectivity index (χ2v) is 8.38. The number of sulfonamides is 1. The van der Waals surface area contributed by atoms with Crippen molar-refractivity contribution in [1.82, 2.24) is 9.21 Å². The molecule has 1 heterocycles. The minimum atomic E-state index is -4.01. The zero-order valence-electron chi connectivity index (χ0n) is 12.1. The van der Waals surface area contributed by atoms with Crippen molar-refractivity contribution < 1.29 is 17.6 Å². The molecular formula is C14H17FN2O3S2. The van der Waals surface area contributed by atoms with Crippen LogP contribution in [0.2, 0.25) is 0 Å². The molecule has 1 aromatic carbocycles. The Hall–Kier alpha value is -1.12. The number of carbonyl (C=O) groups is 1. The zero-order valence-corrected chi connectivity index (χ0v) is 13.7. The Bertz CT molecular complexity index is 691. The number of carbonyl (C=O) groups excluding carboxylic acids is 1. The summed E-state index contributed by atoms with van der Waals surface area (Å²) >= 11 is 1.37. The van der Waals surface area contributed by atoms with Gasteiger partial charge in [0.2, 0.25) is 15.9 Å². The predicted molar refractivity (Wildman–Crippen MR) is 82.3 cm³/mol. The summed E-state index contributed by atoms with van der Waals surface area (Å²) in [5.41, 5.74) is 0. The largest absolute Gasteiger partial charge is 0.341 e. The lowest BCUT2D eigenvalue weighted by molar-refractivity contribution is -0.133. The molecule has 2 fully saturated rings. The SMILES string of the molecule is CN(C(=O)[C@H]1CSCN1S(=O)(=O)c1ccccc1F)C1CC1. The quantitative estimate of drug-likeness (QED) is 0.831. The smallest absolute Gasteiger partial charge is 0.247 e. The van der Waals surface area contributed by atoms with Crippen LogP contribution in [0.3, 0.4) is 0 Å². The van der Waals surface area contributed by atoms with E-state index in [0.29, 0.717) is 5.75 Å². The molecule has 5 nitrogen and oxygen atoms in total. The number of hydrogen-bond donors (Lipinski definition) is 0. The summed E-state index contributed by atoms with van der Waals surface area (Å²) in [6, 6.07) is 4.74. The fraction of sp³-hybridized carbons (Fsp3) is 0.500. The molecule has 8 heteroatoms. The molecule has 0 aromatic heterocycles. The van der Waals surface area contributed by atoms with Crippen molar-refractivity contribution in [2.45, 2.75) is 29.8 Å². The maximum Gasteiger partial charge on any atom is 0.247 e. The molecule has 0 bridgehead atoms. The van der Waals surface area contributed by atoms with Crippen LogP contribution in [-0.2, 0) is 14.8 Å². The lowest BCUT2D eigenvalue weighted by Gasteiger charge is -2.26. The molecular weight excluding hydrogens is 327 g/mol. The summed E-state index contributed by atoms with van der Waals surface area (Å²) in [5, 5.41) is 0. The standard InChI is InChI=1S/C14H17FN2O3S2/c1-16(10-6-7-10)14(18)12-8-21-9-17(12)22(19,20)13-5-3-2-4-11(13)15/h2-5,10,12H,6-9H2,1H3/t12-/m1/s1. The van der Waals surface area contributed by atoms with E-state index in [1.807, 2.05) is 0 Å². The van der Waals surface area contributed by atoms with Gasteiger partial charge in [0.25, 0.3) is 0 Å². The van der Waals surface area contributed by atoms with Crippen LogP contribution in [-0.4, -0.2) is 54.3 Å². The van der Waals surface area contributed by atoms with Crippen LogP contribution in [0.5, 0.6) is 0 Å². The van der Waals surface area contributed by atoms with Gasteiger partial charge in [-0.2, -0.15) is 4.31 Å². The van der Waals surface area contributed by atoms with Crippen molar-refractivity contribution in [3.8, 4) is 0 Å². The molecule has 1 saturated heterocycles. The van der Waals surface area contributed by atoms with Gasteiger partial charge in [-0.15, -0.1) is 11.8 Å². The molecule has 1 aliphatic heterocycles. The highest BCUT2D eigenvalue weighted by molar-refractivity contribution is 8.00. The number of thioether (sulfide) groups is 1. The zero-order chi connectivity index (χ0) is 15.9. The maximum atomic E-state index is 13.9. The van der Waals surface area contributed by atoms with Gasteiger partial charge in [-0.1, -0.05) is 12.1 Å². The third kappa shape index (κ3) is 2.75. The van der Waals surface area contributed by atoms with E-state index in [9.17, 15) is 17.6 Å².